The molecule has 6 heteroatoms. The summed E-state index contributed by atoms with van der Waals surface area (Å²) in [5.41, 5.74) is 1.05. The lowest BCUT2D eigenvalue weighted by atomic mass is 10.1. The van der Waals surface area contributed by atoms with Gasteiger partial charge >= 0.3 is 0 Å². The summed E-state index contributed by atoms with van der Waals surface area (Å²) in [6.07, 6.45) is 7.77. The first-order valence-corrected chi connectivity index (χ1v) is 11.1. The third kappa shape index (κ3) is 6.15. The Balaban J connectivity index is 1.46. The van der Waals surface area contributed by atoms with Gasteiger partial charge in [-0.15, -0.1) is 0 Å². The lowest BCUT2D eigenvalue weighted by Crippen LogP contribution is -2.39. The van der Waals surface area contributed by atoms with Crippen LogP contribution in [0.4, 0.5) is 11.6 Å². The topological polar surface area (TPSA) is 62.3 Å². The van der Waals surface area contributed by atoms with Crippen molar-refractivity contribution in [2.75, 3.05) is 50.0 Å². The average molecular weight is 396 g/mol. The molecule has 1 aromatic carbocycles. The summed E-state index contributed by atoms with van der Waals surface area (Å²) in [4.78, 5) is 12.1. The summed E-state index contributed by atoms with van der Waals surface area (Å²) in [7, 11) is 0. The SMILES string of the molecule is c1ccc(-c2nc(NCCN3CCOCC3)cc(NC3CCCCCC3)n2)cc1. The molecule has 0 amide bonds. The Morgan fingerprint density at radius 3 is 2.41 bits per heavy atom. The first kappa shape index (κ1) is 20.1. The van der Waals surface area contributed by atoms with Crippen molar-refractivity contribution in [2.24, 2.45) is 0 Å². The van der Waals surface area contributed by atoms with E-state index in [0.717, 1.165) is 62.4 Å². The molecular weight excluding hydrogens is 362 g/mol. The second-order valence-electron chi connectivity index (χ2n) is 8.04. The van der Waals surface area contributed by atoms with Gasteiger partial charge in [0.25, 0.3) is 0 Å². The average Bonchev–Trinajstić information content (AvgIpc) is 3.04. The van der Waals surface area contributed by atoms with Crippen LogP contribution in [0.3, 0.4) is 0 Å². The maximum atomic E-state index is 5.43. The summed E-state index contributed by atoms with van der Waals surface area (Å²) in [5.74, 6) is 2.60. The summed E-state index contributed by atoms with van der Waals surface area (Å²) in [5, 5.41) is 7.21. The van der Waals surface area contributed by atoms with E-state index < -0.39 is 0 Å². The van der Waals surface area contributed by atoms with Crippen LogP contribution < -0.4 is 10.6 Å². The van der Waals surface area contributed by atoms with Crippen molar-refractivity contribution in [2.45, 2.75) is 44.6 Å². The highest BCUT2D eigenvalue weighted by atomic mass is 16.5. The third-order valence-electron chi connectivity index (χ3n) is 5.80. The maximum Gasteiger partial charge on any atom is 0.163 e. The van der Waals surface area contributed by atoms with Gasteiger partial charge in [0.05, 0.1) is 13.2 Å². The Bertz CT molecular complexity index is 740. The number of aromatic nitrogens is 2. The van der Waals surface area contributed by atoms with Crippen LogP contribution in [0.15, 0.2) is 36.4 Å². The number of nitrogens with zero attached hydrogens (tertiary/aromatic N) is 3. The molecule has 1 saturated heterocycles. The van der Waals surface area contributed by atoms with Gasteiger partial charge in [0, 0.05) is 43.9 Å². The van der Waals surface area contributed by atoms with Crippen molar-refractivity contribution in [3.05, 3.63) is 36.4 Å². The van der Waals surface area contributed by atoms with E-state index in [1.807, 2.05) is 18.2 Å². The highest BCUT2D eigenvalue weighted by Gasteiger charge is 2.15. The van der Waals surface area contributed by atoms with Crippen LogP contribution in [0.25, 0.3) is 11.4 Å². The van der Waals surface area contributed by atoms with E-state index in [4.69, 9.17) is 14.7 Å². The predicted octanol–water partition coefficient (Wildman–Crippen LogP) is 4.02. The molecule has 6 nitrogen and oxygen atoms in total. The summed E-state index contributed by atoms with van der Waals surface area (Å²) >= 11 is 0. The quantitative estimate of drug-likeness (QED) is 0.691. The minimum Gasteiger partial charge on any atom is -0.379 e. The van der Waals surface area contributed by atoms with Crippen LogP contribution in [0.1, 0.15) is 38.5 Å². The predicted molar refractivity (Wildman–Crippen MR) is 118 cm³/mol. The van der Waals surface area contributed by atoms with Crippen LogP contribution in [0.2, 0.25) is 0 Å². The molecular formula is C23H33N5O. The van der Waals surface area contributed by atoms with Crippen LogP contribution in [0, 0.1) is 0 Å². The van der Waals surface area contributed by atoms with Gasteiger partial charge in [-0.25, -0.2) is 9.97 Å². The molecule has 1 aliphatic heterocycles. The van der Waals surface area contributed by atoms with Crippen molar-refractivity contribution in [1.82, 2.24) is 14.9 Å². The van der Waals surface area contributed by atoms with Gasteiger partial charge in [0.1, 0.15) is 11.6 Å². The van der Waals surface area contributed by atoms with Crippen LogP contribution in [-0.2, 0) is 4.74 Å². The zero-order chi connectivity index (χ0) is 19.7. The van der Waals surface area contributed by atoms with Gasteiger partial charge in [0.15, 0.2) is 5.82 Å². The second-order valence-corrected chi connectivity index (χ2v) is 8.04. The molecule has 4 rings (SSSR count). The molecule has 156 valence electrons. The van der Waals surface area contributed by atoms with Gasteiger partial charge in [-0.1, -0.05) is 56.0 Å². The maximum absolute atomic E-state index is 5.43. The van der Waals surface area contributed by atoms with Gasteiger partial charge in [-0.3, -0.25) is 4.90 Å². The highest BCUT2D eigenvalue weighted by Crippen LogP contribution is 2.24. The lowest BCUT2D eigenvalue weighted by Gasteiger charge is -2.26. The third-order valence-corrected chi connectivity index (χ3v) is 5.80. The van der Waals surface area contributed by atoms with Crippen LogP contribution in [-0.4, -0.2) is 60.3 Å². The Morgan fingerprint density at radius 2 is 1.66 bits per heavy atom. The fraction of sp³-hybridized carbons (Fsp3) is 0.565. The monoisotopic (exact) mass is 395 g/mol. The van der Waals surface area contributed by atoms with E-state index in [1.165, 1.54) is 38.5 Å². The summed E-state index contributed by atoms with van der Waals surface area (Å²) < 4.78 is 5.43. The van der Waals surface area contributed by atoms with Crippen LogP contribution >= 0.6 is 0 Å². The number of nitrogens with one attached hydrogen (secondary N) is 2. The summed E-state index contributed by atoms with van der Waals surface area (Å²) in [6.45, 7) is 5.56. The van der Waals surface area contributed by atoms with E-state index in [1.54, 1.807) is 0 Å². The Morgan fingerprint density at radius 1 is 0.931 bits per heavy atom. The first-order valence-electron chi connectivity index (χ1n) is 11.1. The first-order chi connectivity index (χ1) is 14.4. The minimum atomic E-state index is 0.511. The van der Waals surface area contributed by atoms with Gasteiger partial charge in [-0.2, -0.15) is 0 Å². The molecule has 1 aromatic heterocycles. The minimum absolute atomic E-state index is 0.511. The van der Waals surface area contributed by atoms with Gasteiger partial charge in [-0.05, 0) is 12.8 Å². The Hall–Kier alpha value is -2.18. The second kappa shape index (κ2) is 10.6. The largest absolute Gasteiger partial charge is 0.379 e. The van der Waals surface area contributed by atoms with E-state index in [-0.39, 0.29) is 0 Å². The van der Waals surface area contributed by atoms with Crippen LogP contribution in [0.5, 0.6) is 0 Å². The van der Waals surface area contributed by atoms with E-state index in [2.05, 4.69) is 33.7 Å². The molecule has 2 aromatic rings. The standard InChI is InChI=1S/C23H33N5O/c1-2-7-11-20(10-6-1)25-22-18-21(24-12-13-28-14-16-29-17-15-28)26-23(27-22)19-8-4-3-5-9-19/h3-5,8-9,18,20H,1-2,6-7,10-17H2,(H2,24,25,26,27). The van der Waals surface area contributed by atoms with Gasteiger partial charge < -0.3 is 15.4 Å². The molecule has 0 unspecified atom stereocenters. The Labute approximate surface area is 174 Å². The molecule has 2 heterocycles. The lowest BCUT2D eigenvalue weighted by molar-refractivity contribution is 0.0398. The number of hydrogen-bond donors (Lipinski definition) is 2. The van der Waals surface area contributed by atoms with Crippen molar-refractivity contribution >= 4 is 11.6 Å². The fourth-order valence-electron chi connectivity index (χ4n) is 4.13. The van der Waals surface area contributed by atoms with Crippen molar-refractivity contribution < 1.29 is 4.74 Å². The molecule has 2 aliphatic rings. The molecule has 2 N–H and O–H groups in total. The van der Waals surface area contributed by atoms with Crippen molar-refractivity contribution in [3.63, 3.8) is 0 Å². The molecule has 1 aliphatic carbocycles. The smallest absolute Gasteiger partial charge is 0.163 e. The molecule has 0 radical (unpaired) electrons. The van der Waals surface area contributed by atoms with Crippen molar-refractivity contribution in [1.29, 1.82) is 0 Å². The highest BCUT2D eigenvalue weighted by molar-refractivity contribution is 5.61. The number of morpholine rings is 1. The number of anilines is 2. The van der Waals surface area contributed by atoms with Gasteiger partial charge in [0.2, 0.25) is 0 Å². The zero-order valence-corrected chi connectivity index (χ0v) is 17.3. The normalized spacial score (nSPS) is 18.9. The number of benzene rings is 1. The Kier molecular flexibility index (Phi) is 7.32. The van der Waals surface area contributed by atoms with E-state index >= 15 is 0 Å². The van der Waals surface area contributed by atoms with Crippen molar-refractivity contribution in [3.8, 4) is 11.4 Å². The molecule has 0 bridgehead atoms. The van der Waals surface area contributed by atoms with E-state index in [9.17, 15) is 0 Å². The number of hydrogen-bond acceptors (Lipinski definition) is 6. The fourth-order valence-corrected chi connectivity index (χ4v) is 4.13. The number of ether oxygens (including phenoxy) is 1. The molecule has 0 atom stereocenters. The molecule has 1 saturated carbocycles. The summed E-state index contributed by atoms with van der Waals surface area (Å²) in [6, 6.07) is 12.8. The molecule has 2 fully saturated rings. The van der Waals surface area contributed by atoms with E-state index in [0.29, 0.717) is 6.04 Å². The number of rotatable bonds is 7. The molecule has 0 spiro atoms. The molecule has 29 heavy (non-hydrogen) atoms. The zero-order valence-electron chi connectivity index (χ0n) is 17.3.